The summed E-state index contributed by atoms with van der Waals surface area (Å²) in [5.74, 6) is 1.32. The molecule has 152 valence electrons. The van der Waals surface area contributed by atoms with E-state index in [1.54, 1.807) is 20.3 Å². The summed E-state index contributed by atoms with van der Waals surface area (Å²) in [4.78, 5) is 2.33. The minimum absolute atomic E-state index is 0.117. The summed E-state index contributed by atoms with van der Waals surface area (Å²) in [5.41, 5.74) is 1.89. The molecule has 2 N–H and O–H groups in total. The second-order valence-corrected chi connectivity index (χ2v) is 7.63. The average Bonchev–Trinajstić information content (AvgIpc) is 2.72. The molecule has 5 nitrogen and oxygen atoms in total. The lowest BCUT2D eigenvalue weighted by molar-refractivity contribution is 0.0314. The Balaban J connectivity index is 1.70. The van der Waals surface area contributed by atoms with Crippen LogP contribution in [0.1, 0.15) is 42.5 Å². The summed E-state index contributed by atoms with van der Waals surface area (Å²) in [6.07, 6.45) is 1.06. The molecule has 1 aliphatic heterocycles. The summed E-state index contributed by atoms with van der Waals surface area (Å²) in [7, 11) is 3.19. The number of methoxy groups -OCH3 is 2. The zero-order valence-electron chi connectivity index (χ0n) is 16.3. The maximum Gasteiger partial charge on any atom is 0.128 e. The van der Waals surface area contributed by atoms with Gasteiger partial charge in [0.15, 0.2) is 0 Å². The number of likely N-dealkylation sites (tertiary alicyclic amines) is 1. The van der Waals surface area contributed by atoms with Crippen molar-refractivity contribution in [1.82, 2.24) is 4.90 Å². The van der Waals surface area contributed by atoms with E-state index in [1.807, 2.05) is 36.4 Å². The van der Waals surface area contributed by atoms with Crippen LogP contribution in [-0.2, 0) is 0 Å². The van der Waals surface area contributed by atoms with Crippen LogP contribution in [0.3, 0.4) is 0 Å². The molecule has 0 aromatic heterocycles. The third-order valence-electron chi connectivity index (χ3n) is 5.43. The lowest BCUT2D eigenvalue weighted by Crippen LogP contribution is -2.39. The smallest absolute Gasteiger partial charge is 0.128 e. The van der Waals surface area contributed by atoms with Gasteiger partial charge in [0.1, 0.15) is 11.5 Å². The standard InChI is InChI=1S/C22H28ClNO4/c1-27-18-7-8-19(22(14-18)28-2)21(26)10-12-24-11-9-17(25)13-20(24)15-3-5-16(23)6-4-15/h3-8,14,17,20-21,25-26H,9-13H2,1-2H3. The van der Waals surface area contributed by atoms with Crippen LogP contribution in [-0.4, -0.2) is 48.5 Å². The van der Waals surface area contributed by atoms with Crippen molar-refractivity contribution in [3.05, 3.63) is 58.6 Å². The molecule has 0 spiro atoms. The van der Waals surface area contributed by atoms with E-state index < -0.39 is 6.10 Å². The molecule has 1 fully saturated rings. The second kappa shape index (κ2) is 9.61. The Hall–Kier alpha value is -1.79. The Morgan fingerprint density at radius 2 is 1.89 bits per heavy atom. The highest BCUT2D eigenvalue weighted by molar-refractivity contribution is 6.30. The van der Waals surface area contributed by atoms with Crippen LogP contribution in [0.2, 0.25) is 5.02 Å². The van der Waals surface area contributed by atoms with Crippen LogP contribution in [0.4, 0.5) is 0 Å². The van der Waals surface area contributed by atoms with E-state index >= 15 is 0 Å². The van der Waals surface area contributed by atoms with E-state index in [0.29, 0.717) is 29.4 Å². The van der Waals surface area contributed by atoms with Gasteiger partial charge in [-0.05, 0) is 49.1 Å². The molecule has 28 heavy (non-hydrogen) atoms. The molecule has 0 aliphatic carbocycles. The van der Waals surface area contributed by atoms with Crippen molar-refractivity contribution in [1.29, 1.82) is 0 Å². The van der Waals surface area contributed by atoms with Crippen LogP contribution >= 0.6 is 11.6 Å². The van der Waals surface area contributed by atoms with Crippen molar-refractivity contribution >= 4 is 11.6 Å². The molecule has 2 aromatic rings. The molecule has 3 atom stereocenters. The molecule has 0 saturated carbocycles. The molecule has 1 heterocycles. The fraction of sp³-hybridized carbons (Fsp3) is 0.455. The SMILES string of the molecule is COc1ccc(C(O)CCN2CCC(O)CC2c2ccc(Cl)cc2)c(OC)c1. The molecule has 0 radical (unpaired) electrons. The van der Waals surface area contributed by atoms with Gasteiger partial charge in [-0.1, -0.05) is 23.7 Å². The first-order valence-corrected chi connectivity index (χ1v) is 9.97. The summed E-state index contributed by atoms with van der Waals surface area (Å²) in [5, 5.41) is 21.6. The van der Waals surface area contributed by atoms with E-state index in [0.717, 1.165) is 30.6 Å². The molecule has 6 heteroatoms. The highest BCUT2D eigenvalue weighted by Gasteiger charge is 2.29. The normalized spacial score (nSPS) is 21.3. The molecule has 0 amide bonds. The lowest BCUT2D eigenvalue weighted by atomic mass is 9.92. The highest BCUT2D eigenvalue weighted by atomic mass is 35.5. The predicted molar refractivity (Wildman–Crippen MR) is 110 cm³/mol. The first kappa shape index (κ1) is 20.9. The van der Waals surface area contributed by atoms with Gasteiger partial charge in [-0.3, -0.25) is 4.90 Å². The molecule has 1 aliphatic rings. The largest absolute Gasteiger partial charge is 0.497 e. The monoisotopic (exact) mass is 405 g/mol. The van der Waals surface area contributed by atoms with Crippen LogP contribution < -0.4 is 9.47 Å². The highest BCUT2D eigenvalue weighted by Crippen LogP contribution is 2.35. The maximum atomic E-state index is 10.8. The number of hydrogen-bond donors (Lipinski definition) is 2. The van der Waals surface area contributed by atoms with Gasteiger partial charge >= 0.3 is 0 Å². The van der Waals surface area contributed by atoms with E-state index in [9.17, 15) is 10.2 Å². The van der Waals surface area contributed by atoms with Gasteiger partial charge in [-0.2, -0.15) is 0 Å². The van der Waals surface area contributed by atoms with E-state index in [2.05, 4.69) is 4.90 Å². The van der Waals surface area contributed by atoms with Crippen LogP contribution in [0.15, 0.2) is 42.5 Å². The van der Waals surface area contributed by atoms with E-state index in [4.69, 9.17) is 21.1 Å². The summed E-state index contributed by atoms with van der Waals surface area (Å²) < 4.78 is 10.6. The number of hydrogen-bond acceptors (Lipinski definition) is 5. The van der Waals surface area contributed by atoms with Crippen LogP contribution in [0.5, 0.6) is 11.5 Å². The third kappa shape index (κ3) is 4.97. The van der Waals surface area contributed by atoms with Crippen molar-refractivity contribution in [2.75, 3.05) is 27.3 Å². The van der Waals surface area contributed by atoms with E-state index in [1.165, 1.54) is 0 Å². The predicted octanol–water partition coefficient (Wildman–Crippen LogP) is 3.98. The number of rotatable bonds is 7. The Morgan fingerprint density at radius 3 is 2.57 bits per heavy atom. The molecule has 0 bridgehead atoms. The second-order valence-electron chi connectivity index (χ2n) is 7.19. The lowest BCUT2D eigenvalue weighted by Gasteiger charge is -2.38. The molecular weight excluding hydrogens is 378 g/mol. The molecule has 3 rings (SSSR count). The van der Waals surface area contributed by atoms with Gasteiger partial charge in [0.2, 0.25) is 0 Å². The zero-order chi connectivity index (χ0) is 20.1. The van der Waals surface area contributed by atoms with E-state index in [-0.39, 0.29) is 12.1 Å². The molecule has 3 unspecified atom stereocenters. The summed E-state index contributed by atoms with van der Waals surface area (Å²) >= 11 is 6.02. The van der Waals surface area contributed by atoms with Gasteiger partial charge in [-0.25, -0.2) is 0 Å². The Bertz CT molecular complexity index is 768. The number of aliphatic hydroxyl groups excluding tert-OH is 2. The molecule has 1 saturated heterocycles. The van der Waals surface area contributed by atoms with Gasteiger partial charge in [0.05, 0.1) is 26.4 Å². The van der Waals surface area contributed by atoms with Crippen LogP contribution in [0, 0.1) is 0 Å². The van der Waals surface area contributed by atoms with Crippen molar-refractivity contribution in [2.45, 2.75) is 37.5 Å². The Kier molecular flexibility index (Phi) is 7.18. The van der Waals surface area contributed by atoms with Gasteiger partial charge in [0.25, 0.3) is 0 Å². The first-order valence-electron chi connectivity index (χ1n) is 9.59. The maximum absolute atomic E-state index is 10.8. The van der Waals surface area contributed by atoms with Gasteiger partial charge in [0, 0.05) is 35.8 Å². The van der Waals surface area contributed by atoms with Crippen molar-refractivity contribution in [3.63, 3.8) is 0 Å². The minimum Gasteiger partial charge on any atom is -0.497 e. The van der Waals surface area contributed by atoms with Crippen molar-refractivity contribution in [2.24, 2.45) is 0 Å². The Labute approximate surface area is 171 Å². The molecular formula is C22H28ClNO4. The number of aliphatic hydroxyl groups is 2. The minimum atomic E-state index is -0.640. The van der Waals surface area contributed by atoms with Crippen molar-refractivity contribution < 1.29 is 19.7 Å². The third-order valence-corrected chi connectivity index (χ3v) is 5.68. The summed E-state index contributed by atoms with van der Waals surface area (Å²) in [6, 6.07) is 13.4. The Morgan fingerprint density at radius 1 is 1.14 bits per heavy atom. The zero-order valence-corrected chi connectivity index (χ0v) is 17.1. The molecule has 2 aromatic carbocycles. The van der Waals surface area contributed by atoms with Crippen LogP contribution in [0.25, 0.3) is 0 Å². The van der Waals surface area contributed by atoms with Gasteiger partial charge in [-0.15, -0.1) is 0 Å². The number of ether oxygens (including phenoxy) is 2. The summed E-state index contributed by atoms with van der Waals surface area (Å²) in [6.45, 7) is 1.51. The fourth-order valence-electron chi connectivity index (χ4n) is 3.83. The average molecular weight is 406 g/mol. The fourth-order valence-corrected chi connectivity index (χ4v) is 3.96. The topological polar surface area (TPSA) is 62.2 Å². The number of nitrogens with zero attached hydrogens (tertiary/aromatic N) is 1. The number of piperidine rings is 1. The first-order chi connectivity index (χ1) is 13.5. The van der Waals surface area contributed by atoms with Gasteiger partial charge < -0.3 is 19.7 Å². The number of halogens is 1. The number of benzene rings is 2. The quantitative estimate of drug-likeness (QED) is 0.729. The van der Waals surface area contributed by atoms with Crippen molar-refractivity contribution in [3.8, 4) is 11.5 Å².